The average molecular weight is 251 g/mol. The number of furan rings is 1. The van der Waals surface area contributed by atoms with E-state index in [9.17, 15) is 4.79 Å². The minimum atomic E-state index is -0.990. The lowest BCUT2D eigenvalue weighted by atomic mass is 9.92. The maximum atomic E-state index is 10.7. The summed E-state index contributed by atoms with van der Waals surface area (Å²) in [7, 11) is 0. The normalized spacial score (nSPS) is 18.4. The molecule has 0 aliphatic carbocycles. The van der Waals surface area contributed by atoms with E-state index in [0.717, 1.165) is 25.3 Å². The van der Waals surface area contributed by atoms with Crippen LogP contribution < -0.4 is 0 Å². The molecule has 0 atom stereocenters. The van der Waals surface area contributed by atoms with Crippen molar-refractivity contribution in [2.75, 3.05) is 13.1 Å². The molecule has 100 valence electrons. The van der Waals surface area contributed by atoms with Gasteiger partial charge in [0.25, 0.3) is 0 Å². The molecule has 0 saturated carbocycles. The second-order valence-corrected chi connectivity index (χ2v) is 5.35. The van der Waals surface area contributed by atoms with E-state index >= 15 is 0 Å². The third-order valence-corrected chi connectivity index (χ3v) is 3.74. The zero-order valence-electron chi connectivity index (χ0n) is 11.1. The van der Waals surface area contributed by atoms with Crippen LogP contribution in [0.4, 0.5) is 0 Å². The van der Waals surface area contributed by atoms with E-state index in [1.807, 2.05) is 0 Å². The summed E-state index contributed by atoms with van der Waals surface area (Å²) in [5, 5.41) is 8.80. The molecule has 0 unspecified atom stereocenters. The second kappa shape index (κ2) is 5.57. The van der Waals surface area contributed by atoms with Gasteiger partial charge in [0, 0.05) is 12.5 Å². The van der Waals surface area contributed by atoms with Gasteiger partial charge >= 0.3 is 5.97 Å². The number of piperidine rings is 1. The molecule has 0 amide bonds. The molecule has 4 nitrogen and oxygen atoms in total. The predicted octanol–water partition coefficient (Wildman–Crippen LogP) is 2.64. The molecule has 0 aromatic carbocycles. The van der Waals surface area contributed by atoms with Gasteiger partial charge in [-0.3, -0.25) is 0 Å². The van der Waals surface area contributed by atoms with E-state index in [4.69, 9.17) is 9.52 Å². The van der Waals surface area contributed by atoms with Crippen LogP contribution in [0.1, 0.15) is 43.0 Å². The van der Waals surface area contributed by atoms with Gasteiger partial charge in [0.05, 0.1) is 0 Å². The summed E-state index contributed by atoms with van der Waals surface area (Å²) < 4.78 is 5.31. The molecule has 1 fully saturated rings. The van der Waals surface area contributed by atoms with Crippen molar-refractivity contribution in [2.45, 2.75) is 39.2 Å². The average Bonchev–Trinajstić information content (AvgIpc) is 2.78. The molecule has 0 radical (unpaired) electrons. The van der Waals surface area contributed by atoms with Crippen molar-refractivity contribution in [3.05, 3.63) is 23.7 Å². The van der Waals surface area contributed by atoms with Crippen molar-refractivity contribution in [2.24, 2.45) is 5.92 Å². The predicted molar refractivity (Wildman–Crippen MR) is 68.8 cm³/mol. The summed E-state index contributed by atoms with van der Waals surface area (Å²) in [4.78, 5) is 13.2. The molecule has 1 aromatic heterocycles. The van der Waals surface area contributed by atoms with Crippen molar-refractivity contribution in [3.63, 3.8) is 0 Å². The molecule has 1 aliphatic heterocycles. The van der Waals surface area contributed by atoms with Crippen LogP contribution in [0.25, 0.3) is 0 Å². The van der Waals surface area contributed by atoms with Gasteiger partial charge in [0.1, 0.15) is 5.76 Å². The first-order chi connectivity index (χ1) is 8.56. The van der Waals surface area contributed by atoms with Gasteiger partial charge < -0.3 is 14.4 Å². The third kappa shape index (κ3) is 3.13. The highest BCUT2D eigenvalue weighted by molar-refractivity contribution is 5.84. The number of carboxylic acids is 1. The van der Waals surface area contributed by atoms with E-state index in [1.54, 1.807) is 12.1 Å². The minimum absolute atomic E-state index is 0.0459. The molecule has 0 spiro atoms. The highest BCUT2D eigenvalue weighted by Crippen LogP contribution is 2.23. The van der Waals surface area contributed by atoms with E-state index < -0.39 is 5.97 Å². The van der Waals surface area contributed by atoms with Crippen molar-refractivity contribution in [1.82, 2.24) is 4.90 Å². The smallest absolute Gasteiger partial charge is 0.371 e. The zero-order valence-corrected chi connectivity index (χ0v) is 11.1. The Labute approximate surface area is 108 Å². The van der Waals surface area contributed by atoms with Crippen LogP contribution in [0, 0.1) is 5.92 Å². The van der Waals surface area contributed by atoms with Crippen LogP contribution in [0.2, 0.25) is 0 Å². The van der Waals surface area contributed by atoms with Crippen LogP contribution in [0.5, 0.6) is 0 Å². The Morgan fingerprint density at radius 1 is 1.44 bits per heavy atom. The molecule has 18 heavy (non-hydrogen) atoms. The second-order valence-electron chi connectivity index (χ2n) is 5.35. The van der Waals surface area contributed by atoms with Gasteiger partial charge in [-0.05, 0) is 57.8 Å². The fourth-order valence-corrected chi connectivity index (χ4v) is 2.56. The molecular weight excluding hydrogens is 230 g/mol. The Morgan fingerprint density at radius 3 is 2.61 bits per heavy atom. The first-order valence-corrected chi connectivity index (χ1v) is 6.62. The zero-order chi connectivity index (χ0) is 13.1. The molecule has 2 heterocycles. The maximum absolute atomic E-state index is 10.7. The van der Waals surface area contributed by atoms with Crippen molar-refractivity contribution in [3.8, 4) is 0 Å². The van der Waals surface area contributed by atoms with Gasteiger partial charge in [-0.2, -0.15) is 0 Å². The number of aromatic carboxylic acids is 1. The van der Waals surface area contributed by atoms with Gasteiger partial charge in [-0.25, -0.2) is 4.79 Å². The molecule has 4 heteroatoms. The minimum Gasteiger partial charge on any atom is -0.475 e. The Bertz CT molecular complexity index is 403. The van der Waals surface area contributed by atoms with Crippen molar-refractivity contribution in [1.29, 1.82) is 0 Å². The van der Waals surface area contributed by atoms with Crippen LogP contribution in [-0.2, 0) is 6.42 Å². The number of carbonyl (C=O) groups is 1. The molecule has 2 rings (SSSR count). The Balaban J connectivity index is 1.85. The van der Waals surface area contributed by atoms with Gasteiger partial charge in [-0.1, -0.05) is 0 Å². The largest absolute Gasteiger partial charge is 0.475 e. The molecule has 1 aliphatic rings. The summed E-state index contributed by atoms with van der Waals surface area (Å²) in [6.45, 7) is 6.72. The number of carboxylic acid groups (broad SMARTS) is 1. The first-order valence-electron chi connectivity index (χ1n) is 6.62. The molecule has 1 saturated heterocycles. The monoisotopic (exact) mass is 251 g/mol. The van der Waals surface area contributed by atoms with E-state index in [2.05, 4.69) is 18.7 Å². The van der Waals surface area contributed by atoms with E-state index in [-0.39, 0.29) is 5.76 Å². The number of likely N-dealkylation sites (tertiary alicyclic amines) is 1. The SMILES string of the molecule is CC(C)N1CCC(Cc2ccc(C(=O)O)o2)CC1. The number of nitrogens with zero attached hydrogens (tertiary/aromatic N) is 1. The molecular formula is C14H21NO3. The lowest BCUT2D eigenvalue weighted by molar-refractivity contribution is 0.0659. The van der Waals surface area contributed by atoms with Gasteiger partial charge in [-0.15, -0.1) is 0 Å². The van der Waals surface area contributed by atoms with Crippen LogP contribution in [-0.4, -0.2) is 35.1 Å². The van der Waals surface area contributed by atoms with Crippen LogP contribution in [0.3, 0.4) is 0 Å². The highest BCUT2D eigenvalue weighted by atomic mass is 16.4. The van der Waals surface area contributed by atoms with Gasteiger partial charge in [0.15, 0.2) is 0 Å². The van der Waals surface area contributed by atoms with Crippen LogP contribution >= 0.6 is 0 Å². The van der Waals surface area contributed by atoms with E-state index in [1.165, 1.54) is 12.8 Å². The Hall–Kier alpha value is -1.29. The fraction of sp³-hybridized carbons (Fsp3) is 0.643. The standard InChI is InChI=1S/C14H21NO3/c1-10(2)15-7-5-11(6-8-15)9-12-3-4-13(18-12)14(16)17/h3-4,10-11H,5-9H2,1-2H3,(H,16,17). The van der Waals surface area contributed by atoms with E-state index in [0.29, 0.717) is 12.0 Å². The summed E-state index contributed by atoms with van der Waals surface area (Å²) >= 11 is 0. The fourth-order valence-electron chi connectivity index (χ4n) is 2.56. The summed E-state index contributed by atoms with van der Waals surface area (Å²) in [5.74, 6) is 0.476. The number of rotatable bonds is 4. The van der Waals surface area contributed by atoms with Gasteiger partial charge in [0.2, 0.25) is 5.76 Å². The summed E-state index contributed by atoms with van der Waals surface area (Å²) in [6.07, 6.45) is 3.20. The summed E-state index contributed by atoms with van der Waals surface area (Å²) in [6, 6.07) is 3.95. The maximum Gasteiger partial charge on any atom is 0.371 e. The topological polar surface area (TPSA) is 53.7 Å². The molecule has 1 N–H and O–H groups in total. The number of hydrogen-bond acceptors (Lipinski definition) is 3. The van der Waals surface area contributed by atoms with Crippen molar-refractivity contribution < 1.29 is 14.3 Å². The van der Waals surface area contributed by atoms with Crippen molar-refractivity contribution >= 4 is 5.97 Å². The third-order valence-electron chi connectivity index (χ3n) is 3.74. The highest BCUT2D eigenvalue weighted by Gasteiger charge is 2.22. The molecule has 0 bridgehead atoms. The lowest BCUT2D eigenvalue weighted by Crippen LogP contribution is -2.38. The molecule has 1 aromatic rings. The lowest BCUT2D eigenvalue weighted by Gasteiger charge is -2.34. The number of hydrogen-bond donors (Lipinski definition) is 1. The quantitative estimate of drug-likeness (QED) is 0.893. The first kappa shape index (κ1) is 13.1. The Morgan fingerprint density at radius 2 is 2.11 bits per heavy atom. The Kier molecular flexibility index (Phi) is 4.07. The summed E-state index contributed by atoms with van der Waals surface area (Å²) in [5.41, 5.74) is 0. The van der Waals surface area contributed by atoms with Crippen LogP contribution in [0.15, 0.2) is 16.5 Å².